The molecular weight excluding hydrogens is 366 g/mol. The van der Waals surface area contributed by atoms with Crippen molar-refractivity contribution in [3.8, 4) is 0 Å². The maximum absolute atomic E-state index is 12.3. The molecule has 0 aliphatic carbocycles. The molecule has 144 valence electrons. The van der Waals surface area contributed by atoms with Gasteiger partial charge in [-0.2, -0.15) is 0 Å². The lowest BCUT2D eigenvalue weighted by atomic mass is 9.97. The Bertz CT molecular complexity index is 920. The molecule has 0 aromatic heterocycles. The predicted octanol–water partition coefficient (Wildman–Crippen LogP) is 3.61. The summed E-state index contributed by atoms with van der Waals surface area (Å²) >= 11 is 0. The fourth-order valence-electron chi connectivity index (χ4n) is 2.48. The molecule has 1 atom stereocenters. The summed E-state index contributed by atoms with van der Waals surface area (Å²) in [5.41, 5.74) is 1.75. The van der Waals surface area contributed by atoms with Crippen LogP contribution in [0.25, 0.3) is 0 Å². The van der Waals surface area contributed by atoms with Crippen LogP contribution in [0.1, 0.15) is 52.5 Å². The standard InChI is InChI=1S/C20H23NO5S/c1-4-14(2)15-9-11-16(12-10-15)19(22)13-26-20(23)17-7-5-6-8-18(17)21-27(3,24)25/h5-12,14,21H,4,13H2,1-3H3/t14-/m1/s1. The number of sulfonamides is 1. The van der Waals surface area contributed by atoms with Gasteiger partial charge in [-0.1, -0.05) is 50.2 Å². The number of hydrogen-bond acceptors (Lipinski definition) is 5. The Labute approximate surface area is 159 Å². The summed E-state index contributed by atoms with van der Waals surface area (Å²) in [5, 5.41) is 0. The van der Waals surface area contributed by atoms with Crippen molar-refractivity contribution in [2.75, 3.05) is 17.6 Å². The van der Waals surface area contributed by atoms with Gasteiger partial charge in [0.25, 0.3) is 0 Å². The summed E-state index contributed by atoms with van der Waals surface area (Å²) in [5.74, 6) is -0.690. The molecular formula is C20H23NO5S. The first-order chi connectivity index (χ1) is 12.7. The Hall–Kier alpha value is -2.67. The quantitative estimate of drug-likeness (QED) is 0.550. The maximum Gasteiger partial charge on any atom is 0.340 e. The second-order valence-electron chi connectivity index (χ2n) is 6.35. The first-order valence-corrected chi connectivity index (χ1v) is 10.5. The van der Waals surface area contributed by atoms with Crippen molar-refractivity contribution in [1.29, 1.82) is 0 Å². The smallest absolute Gasteiger partial charge is 0.340 e. The van der Waals surface area contributed by atoms with Crippen molar-refractivity contribution in [1.82, 2.24) is 0 Å². The molecule has 1 N–H and O–H groups in total. The van der Waals surface area contributed by atoms with Crippen LogP contribution in [0.3, 0.4) is 0 Å². The lowest BCUT2D eigenvalue weighted by Crippen LogP contribution is -2.17. The van der Waals surface area contributed by atoms with Crippen LogP contribution in [-0.4, -0.2) is 33.0 Å². The van der Waals surface area contributed by atoms with E-state index in [0.717, 1.165) is 18.2 Å². The average molecular weight is 389 g/mol. The fourth-order valence-corrected chi connectivity index (χ4v) is 3.05. The minimum absolute atomic E-state index is 0.0443. The molecule has 0 fully saturated rings. The Morgan fingerprint density at radius 2 is 1.70 bits per heavy atom. The molecule has 0 spiro atoms. The third-order valence-electron chi connectivity index (χ3n) is 4.19. The van der Waals surface area contributed by atoms with Crippen molar-refractivity contribution in [3.05, 3.63) is 65.2 Å². The molecule has 0 unspecified atom stereocenters. The van der Waals surface area contributed by atoms with Crippen molar-refractivity contribution < 1.29 is 22.7 Å². The van der Waals surface area contributed by atoms with Gasteiger partial charge in [0, 0.05) is 5.56 Å². The molecule has 2 aromatic carbocycles. The molecule has 2 aromatic rings. The Morgan fingerprint density at radius 1 is 1.07 bits per heavy atom. The molecule has 0 saturated carbocycles. The van der Waals surface area contributed by atoms with E-state index in [1.165, 1.54) is 12.1 Å². The number of nitrogens with one attached hydrogen (secondary N) is 1. The van der Waals surface area contributed by atoms with Gasteiger partial charge in [-0.05, 0) is 30.0 Å². The van der Waals surface area contributed by atoms with E-state index in [-0.39, 0.29) is 17.0 Å². The van der Waals surface area contributed by atoms with Gasteiger partial charge in [-0.3, -0.25) is 9.52 Å². The SMILES string of the molecule is CC[C@@H](C)c1ccc(C(=O)COC(=O)c2ccccc2NS(C)(=O)=O)cc1. The van der Waals surface area contributed by atoms with E-state index >= 15 is 0 Å². The number of hydrogen-bond donors (Lipinski definition) is 1. The largest absolute Gasteiger partial charge is 0.454 e. The summed E-state index contributed by atoms with van der Waals surface area (Å²) in [6, 6.07) is 13.3. The molecule has 0 heterocycles. The van der Waals surface area contributed by atoms with Crippen molar-refractivity contribution in [2.24, 2.45) is 0 Å². The maximum atomic E-state index is 12.3. The average Bonchev–Trinajstić information content (AvgIpc) is 2.64. The number of carbonyl (C=O) groups is 2. The number of ketones is 1. The van der Waals surface area contributed by atoms with Crippen LogP contribution >= 0.6 is 0 Å². The topological polar surface area (TPSA) is 89.5 Å². The van der Waals surface area contributed by atoms with Gasteiger partial charge in [-0.25, -0.2) is 13.2 Å². The van der Waals surface area contributed by atoms with E-state index in [4.69, 9.17) is 4.74 Å². The highest BCUT2D eigenvalue weighted by atomic mass is 32.2. The number of esters is 1. The number of rotatable bonds is 8. The molecule has 2 rings (SSSR count). The number of Topliss-reactive ketones (excluding diaryl/α,β-unsaturated/α-hetero) is 1. The molecule has 0 saturated heterocycles. The Kier molecular flexibility index (Phi) is 6.74. The lowest BCUT2D eigenvalue weighted by molar-refractivity contribution is 0.0476. The zero-order valence-electron chi connectivity index (χ0n) is 15.6. The summed E-state index contributed by atoms with van der Waals surface area (Å²) in [6.45, 7) is 3.79. The van der Waals surface area contributed by atoms with Gasteiger partial charge in [0.1, 0.15) is 0 Å². The molecule has 0 bridgehead atoms. The van der Waals surface area contributed by atoms with Crippen molar-refractivity contribution >= 4 is 27.5 Å². The third-order valence-corrected chi connectivity index (χ3v) is 4.78. The summed E-state index contributed by atoms with van der Waals surface area (Å²) in [6.07, 6.45) is 1.99. The van der Waals surface area contributed by atoms with Crippen LogP contribution in [-0.2, 0) is 14.8 Å². The first-order valence-electron chi connectivity index (χ1n) is 8.58. The molecule has 0 radical (unpaired) electrons. The van der Waals surface area contributed by atoms with Gasteiger partial charge in [0.2, 0.25) is 10.0 Å². The van der Waals surface area contributed by atoms with Gasteiger partial charge in [0.15, 0.2) is 12.4 Å². The Balaban J connectivity index is 2.04. The molecule has 0 aliphatic heterocycles. The summed E-state index contributed by atoms with van der Waals surface area (Å²) in [7, 11) is -3.55. The minimum atomic E-state index is -3.55. The van der Waals surface area contributed by atoms with Crippen LogP contribution in [0.4, 0.5) is 5.69 Å². The second-order valence-corrected chi connectivity index (χ2v) is 8.10. The van der Waals surface area contributed by atoms with Crippen LogP contribution < -0.4 is 4.72 Å². The minimum Gasteiger partial charge on any atom is -0.454 e. The Morgan fingerprint density at radius 3 is 2.30 bits per heavy atom. The summed E-state index contributed by atoms with van der Waals surface area (Å²) in [4.78, 5) is 24.5. The van der Waals surface area contributed by atoms with Gasteiger partial charge >= 0.3 is 5.97 Å². The first kappa shape index (κ1) is 20.6. The second kappa shape index (κ2) is 8.81. The van der Waals surface area contributed by atoms with E-state index < -0.39 is 22.6 Å². The number of carbonyl (C=O) groups excluding carboxylic acids is 2. The fraction of sp³-hybridized carbons (Fsp3) is 0.300. The van der Waals surface area contributed by atoms with E-state index in [1.54, 1.807) is 24.3 Å². The van der Waals surface area contributed by atoms with Gasteiger partial charge in [0.05, 0.1) is 17.5 Å². The van der Waals surface area contributed by atoms with Crippen LogP contribution in [0.15, 0.2) is 48.5 Å². The van der Waals surface area contributed by atoms with Crippen LogP contribution in [0, 0.1) is 0 Å². The van der Waals surface area contributed by atoms with Gasteiger partial charge in [-0.15, -0.1) is 0 Å². The zero-order valence-corrected chi connectivity index (χ0v) is 16.4. The molecule has 6 nitrogen and oxygen atoms in total. The van der Waals surface area contributed by atoms with E-state index in [0.29, 0.717) is 11.5 Å². The highest BCUT2D eigenvalue weighted by Crippen LogP contribution is 2.20. The lowest BCUT2D eigenvalue weighted by Gasteiger charge is -2.11. The normalized spacial score (nSPS) is 12.3. The van der Waals surface area contributed by atoms with E-state index in [1.807, 2.05) is 12.1 Å². The van der Waals surface area contributed by atoms with Crippen LogP contribution in [0.5, 0.6) is 0 Å². The molecule has 7 heteroatoms. The highest BCUT2D eigenvalue weighted by molar-refractivity contribution is 7.92. The number of para-hydroxylation sites is 1. The van der Waals surface area contributed by atoms with E-state index in [9.17, 15) is 18.0 Å². The number of ether oxygens (including phenoxy) is 1. The van der Waals surface area contributed by atoms with Crippen LogP contribution in [0.2, 0.25) is 0 Å². The van der Waals surface area contributed by atoms with E-state index in [2.05, 4.69) is 18.6 Å². The number of benzene rings is 2. The zero-order chi connectivity index (χ0) is 20.0. The molecule has 27 heavy (non-hydrogen) atoms. The predicted molar refractivity (Wildman–Crippen MR) is 105 cm³/mol. The monoisotopic (exact) mass is 389 g/mol. The molecule has 0 aliphatic rings. The van der Waals surface area contributed by atoms with Crippen molar-refractivity contribution in [2.45, 2.75) is 26.2 Å². The highest BCUT2D eigenvalue weighted by Gasteiger charge is 2.17. The van der Waals surface area contributed by atoms with Gasteiger partial charge < -0.3 is 4.74 Å². The third kappa shape index (κ3) is 5.92. The van der Waals surface area contributed by atoms with Crippen molar-refractivity contribution in [3.63, 3.8) is 0 Å². The molecule has 0 amide bonds. The number of anilines is 1. The summed E-state index contributed by atoms with van der Waals surface area (Å²) < 4.78 is 30.1.